The van der Waals surface area contributed by atoms with Gasteiger partial charge in [0.15, 0.2) is 11.6 Å². The molecule has 180 valence electrons. The Labute approximate surface area is 200 Å². The quantitative estimate of drug-likeness (QED) is 0.381. The van der Waals surface area contributed by atoms with Gasteiger partial charge in [0.1, 0.15) is 12.4 Å². The number of hydrogen-bond donors (Lipinski definition) is 2. The number of Topliss-reactive ketones (excluding diaryl/α,β-unsaturated/α-hetero) is 1. The number of benzene rings is 1. The van der Waals surface area contributed by atoms with Crippen molar-refractivity contribution in [2.75, 3.05) is 13.2 Å². The summed E-state index contributed by atoms with van der Waals surface area (Å²) < 4.78 is 5.75. The van der Waals surface area contributed by atoms with Crippen LogP contribution < -0.4 is 10.5 Å². The number of carbonyl (C=O) groups excluding carboxylic acids is 5. The Morgan fingerprint density at radius 2 is 1.89 bits per heavy atom. The average molecular weight is 476 g/mol. The predicted octanol–water partition coefficient (Wildman–Crippen LogP) is 1.57. The number of para-hydroxylation sites is 1. The van der Waals surface area contributed by atoms with E-state index < -0.39 is 41.5 Å². The molecular formula is C26H24N2O7. The molecular weight excluding hydrogens is 452 g/mol. The lowest BCUT2D eigenvalue weighted by Crippen LogP contribution is -2.42. The van der Waals surface area contributed by atoms with E-state index in [-0.39, 0.29) is 37.6 Å². The standard InChI is InChI=1S/C26H24N2O7/c1-12-10-18(30)22-17(23(12)31)11-16-13(20(22)14-4-2-3-5-19(14)35-9-8-29)6-7-15-21(16)25(33)28(24(15)32)26(27)34/h2-6,10,15-16,20-21,29H,7-9,11H2,1H3,(H2,27,34). The second-order valence-electron chi connectivity index (χ2n) is 9.19. The summed E-state index contributed by atoms with van der Waals surface area (Å²) in [6.45, 7) is 1.40. The van der Waals surface area contributed by atoms with Crippen molar-refractivity contribution in [2.45, 2.75) is 25.7 Å². The van der Waals surface area contributed by atoms with Crippen LogP contribution in [-0.2, 0) is 19.2 Å². The number of nitrogens with two attached hydrogens (primary N) is 1. The van der Waals surface area contributed by atoms with Gasteiger partial charge < -0.3 is 15.6 Å². The largest absolute Gasteiger partial charge is 0.491 e. The number of amides is 4. The van der Waals surface area contributed by atoms with Crippen molar-refractivity contribution < 1.29 is 33.8 Å². The number of primary amides is 1. The number of aliphatic hydroxyl groups excluding tert-OH is 1. The highest BCUT2D eigenvalue weighted by atomic mass is 16.5. The first-order chi connectivity index (χ1) is 16.8. The SMILES string of the molecule is CC1=CC(=O)C2=C(CC3C(=CCC4C(=O)N(C(N)=O)C(=O)C43)C2c2ccccc2OCCO)C1=O. The maximum atomic E-state index is 13.3. The lowest BCUT2D eigenvalue weighted by Gasteiger charge is -2.42. The average Bonchev–Trinajstić information content (AvgIpc) is 3.10. The number of likely N-dealkylation sites (tertiary alicyclic amines) is 1. The molecule has 4 aliphatic rings. The van der Waals surface area contributed by atoms with Gasteiger partial charge in [0, 0.05) is 28.2 Å². The highest BCUT2D eigenvalue weighted by molar-refractivity contribution is 6.24. The number of imide groups is 3. The van der Waals surface area contributed by atoms with E-state index in [1.165, 1.54) is 6.08 Å². The summed E-state index contributed by atoms with van der Waals surface area (Å²) in [6.07, 6.45) is 3.50. The molecule has 0 bridgehead atoms. The first-order valence-corrected chi connectivity index (χ1v) is 11.5. The first kappa shape index (κ1) is 22.9. The zero-order chi connectivity index (χ0) is 25.0. The third kappa shape index (κ3) is 3.37. The first-order valence-electron chi connectivity index (χ1n) is 11.5. The summed E-state index contributed by atoms with van der Waals surface area (Å²) in [5, 5.41) is 9.27. The van der Waals surface area contributed by atoms with Crippen LogP contribution in [0.2, 0.25) is 0 Å². The van der Waals surface area contributed by atoms with Crippen molar-refractivity contribution >= 4 is 29.4 Å². The molecule has 1 fully saturated rings. The van der Waals surface area contributed by atoms with Crippen LogP contribution in [0.4, 0.5) is 4.79 Å². The molecule has 1 aromatic rings. The van der Waals surface area contributed by atoms with Crippen molar-refractivity contribution in [3.8, 4) is 5.75 Å². The summed E-state index contributed by atoms with van der Waals surface area (Å²) in [5.74, 6) is -4.26. The van der Waals surface area contributed by atoms with Crippen molar-refractivity contribution in [3.63, 3.8) is 0 Å². The second kappa shape index (κ2) is 8.42. The number of ether oxygens (including phenoxy) is 1. The van der Waals surface area contributed by atoms with Crippen LogP contribution in [0.15, 0.2) is 58.7 Å². The minimum atomic E-state index is -1.12. The van der Waals surface area contributed by atoms with Gasteiger partial charge >= 0.3 is 6.03 Å². The molecule has 5 rings (SSSR count). The maximum Gasteiger partial charge on any atom is 0.328 e. The monoisotopic (exact) mass is 476 g/mol. The van der Waals surface area contributed by atoms with E-state index in [2.05, 4.69) is 0 Å². The molecule has 1 heterocycles. The van der Waals surface area contributed by atoms with Crippen molar-refractivity contribution in [2.24, 2.45) is 23.5 Å². The van der Waals surface area contributed by atoms with E-state index >= 15 is 0 Å². The lowest BCUT2D eigenvalue weighted by atomic mass is 9.59. The van der Waals surface area contributed by atoms with E-state index in [1.54, 1.807) is 31.2 Å². The van der Waals surface area contributed by atoms with Crippen molar-refractivity contribution in [3.05, 3.63) is 64.3 Å². The molecule has 9 heteroatoms. The fraction of sp³-hybridized carbons (Fsp3) is 0.346. The fourth-order valence-corrected chi connectivity index (χ4v) is 5.96. The third-order valence-electron chi connectivity index (χ3n) is 7.36. The minimum absolute atomic E-state index is 0.0370. The molecule has 4 atom stereocenters. The minimum Gasteiger partial charge on any atom is -0.491 e. The van der Waals surface area contributed by atoms with E-state index in [1.807, 2.05) is 6.08 Å². The number of aliphatic hydroxyl groups is 1. The Balaban J connectivity index is 1.69. The number of carbonyl (C=O) groups is 5. The van der Waals surface area contributed by atoms with Crippen LogP contribution in [0.3, 0.4) is 0 Å². The maximum absolute atomic E-state index is 13.3. The van der Waals surface area contributed by atoms with Gasteiger partial charge in [-0.2, -0.15) is 4.90 Å². The highest BCUT2D eigenvalue weighted by Gasteiger charge is 2.57. The number of ketones is 2. The zero-order valence-corrected chi connectivity index (χ0v) is 19.0. The van der Waals surface area contributed by atoms with Crippen LogP contribution in [0.25, 0.3) is 0 Å². The molecule has 0 spiro atoms. The van der Waals surface area contributed by atoms with Crippen LogP contribution in [-0.4, -0.2) is 52.6 Å². The van der Waals surface area contributed by atoms with Crippen LogP contribution in [0.5, 0.6) is 5.75 Å². The number of fused-ring (bicyclic) bond motifs is 3. The Morgan fingerprint density at radius 3 is 2.60 bits per heavy atom. The summed E-state index contributed by atoms with van der Waals surface area (Å²) in [4.78, 5) is 64.9. The highest BCUT2D eigenvalue weighted by Crippen LogP contribution is 2.56. The molecule has 1 aliphatic heterocycles. The number of hydrogen-bond acceptors (Lipinski definition) is 7. The molecule has 1 aromatic carbocycles. The number of nitrogens with zero attached hydrogens (tertiary/aromatic N) is 1. The second-order valence-corrected chi connectivity index (χ2v) is 9.19. The van der Waals surface area contributed by atoms with Gasteiger partial charge in [-0.3, -0.25) is 19.2 Å². The molecule has 0 saturated carbocycles. The van der Waals surface area contributed by atoms with Crippen molar-refractivity contribution in [1.29, 1.82) is 0 Å². The smallest absolute Gasteiger partial charge is 0.328 e. The van der Waals surface area contributed by atoms with Gasteiger partial charge in [0.25, 0.3) is 0 Å². The van der Waals surface area contributed by atoms with Crippen molar-refractivity contribution in [1.82, 2.24) is 4.90 Å². The fourth-order valence-electron chi connectivity index (χ4n) is 5.96. The molecule has 0 radical (unpaired) electrons. The Hall–Kier alpha value is -3.85. The van der Waals surface area contributed by atoms with E-state index in [0.717, 1.165) is 5.57 Å². The summed E-state index contributed by atoms with van der Waals surface area (Å²) >= 11 is 0. The lowest BCUT2D eigenvalue weighted by molar-refractivity contribution is -0.136. The van der Waals surface area contributed by atoms with Gasteiger partial charge in [0.05, 0.1) is 18.4 Å². The molecule has 4 amide bonds. The van der Waals surface area contributed by atoms with E-state index in [0.29, 0.717) is 32.9 Å². The zero-order valence-electron chi connectivity index (χ0n) is 19.0. The third-order valence-corrected chi connectivity index (χ3v) is 7.36. The number of allylic oxidation sites excluding steroid dienone is 6. The molecule has 0 aromatic heterocycles. The van der Waals surface area contributed by atoms with Gasteiger partial charge in [-0.1, -0.05) is 29.8 Å². The summed E-state index contributed by atoms with van der Waals surface area (Å²) in [7, 11) is 0. The Morgan fingerprint density at radius 1 is 1.14 bits per heavy atom. The van der Waals surface area contributed by atoms with Gasteiger partial charge in [-0.15, -0.1) is 0 Å². The Bertz CT molecular complexity index is 1290. The molecule has 35 heavy (non-hydrogen) atoms. The number of urea groups is 1. The topological polar surface area (TPSA) is 144 Å². The van der Waals surface area contributed by atoms with E-state index in [9.17, 15) is 29.1 Å². The van der Waals surface area contributed by atoms with Crippen LogP contribution in [0.1, 0.15) is 31.2 Å². The molecule has 3 aliphatic carbocycles. The molecule has 3 N–H and O–H groups in total. The predicted molar refractivity (Wildman–Crippen MR) is 122 cm³/mol. The van der Waals surface area contributed by atoms with Gasteiger partial charge in [-0.25, -0.2) is 4.79 Å². The van der Waals surface area contributed by atoms with Crippen LogP contribution in [0, 0.1) is 17.8 Å². The van der Waals surface area contributed by atoms with Gasteiger partial charge in [-0.05, 0) is 37.8 Å². The van der Waals surface area contributed by atoms with Crippen LogP contribution >= 0.6 is 0 Å². The molecule has 1 saturated heterocycles. The molecule has 4 unspecified atom stereocenters. The number of rotatable bonds is 4. The van der Waals surface area contributed by atoms with Gasteiger partial charge in [0.2, 0.25) is 11.8 Å². The summed E-state index contributed by atoms with van der Waals surface area (Å²) in [6, 6.07) is 5.94. The van der Waals surface area contributed by atoms with E-state index in [4.69, 9.17) is 10.5 Å². The molecule has 9 nitrogen and oxygen atoms in total. The summed E-state index contributed by atoms with van der Waals surface area (Å²) in [5.41, 5.74) is 7.66. The Kier molecular flexibility index (Phi) is 5.52. The normalized spacial score (nSPS) is 27.8.